The topological polar surface area (TPSA) is 72.4 Å². The Kier molecular flexibility index (Phi) is 2.51. The lowest BCUT2D eigenvalue weighted by Crippen LogP contribution is -2.35. The van der Waals surface area contributed by atoms with E-state index < -0.39 is 0 Å². The molecular formula is C13H13N3O2. The van der Waals surface area contributed by atoms with Gasteiger partial charge in [0, 0.05) is 12.2 Å². The number of carbonyl (C=O) groups excluding carboxylic acids is 1. The molecule has 0 spiro atoms. The van der Waals surface area contributed by atoms with Crippen LogP contribution in [-0.4, -0.2) is 17.6 Å². The van der Waals surface area contributed by atoms with Gasteiger partial charge in [-0.2, -0.15) is 0 Å². The highest BCUT2D eigenvalue weighted by atomic mass is 16.5. The monoisotopic (exact) mass is 243 g/mol. The molecule has 5 nitrogen and oxygen atoms in total. The number of rotatable bonds is 1. The largest absolute Gasteiger partial charge is 0.367 e. The van der Waals surface area contributed by atoms with E-state index in [2.05, 4.69) is 5.16 Å². The summed E-state index contributed by atoms with van der Waals surface area (Å²) >= 11 is 0. The fourth-order valence-corrected chi connectivity index (χ4v) is 2.30. The number of fused-ring (bicyclic) bond motifs is 1. The first kappa shape index (κ1) is 10.8. The third-order valence-corrected chi connectivity index (χ3v) is 3.18. The van der Waals surface area contributed by atoms with E-state index in [9.17, 15) is 4.79 Å². The summed E-state index contributed by atoms with van der Waals surface area (Å²) in [5.41, 5.74) is 8.06. The fraction of sp³-hybridized carbons (Fsp3) is 0.231. The lowest BCUT2D eigenvalue weighted by Gasteiger charge is -2.29. The van der Waals surface area contributed by atoms with E-state index in [0.717, 1.165) is 18.5 Å². The predicted octanol–water partition coefficient (Wildman–Crippen LogP) is 1.85. The van der Waals surface area contributed by atoms with E-state index in [-0.39, 0.29) is 11.8 Å². The van der Waals surface area contributed by atoms with Crippen LogP contribution in [0.25, 0.3) is 0 Å². The van der Waals surface area contributed by atoms with E-state index >= 15 is 0 Å². The summed E-state index contributed by atoms with van der Waals surface area (Å²) < 4.78 is 4.74. The zero-order valence-electron chi connectivity index (χ0n) is 9.80. The quantitative estimate of drug-likeness (QED) is 0.829. The number of aryl methyl sites for hydroxylation is 1. The molecule has 1 amide bonds. The number of nitrogen functional groups attached to an aromatic ring is 1. The molecule has 2 heterocycles. The van der Waals surface area contributed by atoms with E-state index in [4.69, 9.17) is 10.3 Å². The maximum Gasteiger partial charge on any atom is 0.265 e. The van der Waals surface area contributed by atoms with Crippen LogP contribution in [0.5, 0.6) is 0 Å². The minimum absolute atomic E-state index is 0.0723. The molecule has 18 heavy (non-hydrogen) atoms. The van der Waals surface area contributed by atoms with Gasteiger partial charge in [-0.3, -0.25) is 4.79 Å². The van der Waals surface area contributed by atoms with Crippen LogP contribution in [0.15, 0.2) is 35.0 Å². The number of carbonyl (C=O) groups is 1. The average molecular weight is 243 g/mol. The van der Waals surface area contributed by atoms with Gasteiger partial charge in [0.05, 0.1) is 6.20 Å². The van der Waals surface area contributed by atoms with Gasteiger partial charge in [0.1, 0.15) is 5.56 Å². The molecule has 1 aromatic heterocycles. The molecule has 0 fully saturated rings. The van der Waals surface area contributed by atoms with Gasteiger partial charge in [-0.15, -0.1) is 0 Å². The van der Waals surface area contributed by atoms with Crippen LogP contribution >= 0.6 is 0 Å². The van der Waals surface area contributed by atoms with E-state index in [0.29, 0.717) is 12.1 Å². The molecule has 0 aliphatic carbocycles. The molecule has 1 aliphatic rings. The Hall–Kier alpha value is -2.30. The molecule has 0 unspecified atom stereocenters. The van der Waals surface area contributed by atoms with Gasteiger partial charge in [-0.1, -0.05) is 23.4 Å². The summed E-state index contributed by atoms with van der Waals surface area (Å²) in [6.45, 7) is 0.695. The molecule has 92 valence electrons. The number of para-hydroxylation sites is 1. The van der Waals surface area contributed by atoms with E-state index in [1.165, 1.54) is 11.8 Å². The summed E-state index contributed by atoms with van der Waals surface area (Å²) in [5.74, 6) is -0.0797. The molecule has 0 radical (unpaired) electrons. The maximum absolute atomic E-state index is 12.4. The van der Waals surface area contributed by atoms with E-state index in [1.54, 1.807) is 4.90 Å². The van der Waals surface area contributed by atoms with Crippen molar-refractivity contribution in [2.75, 3.05) is 17.2 Å². The molecule has 2 N–H and O–H groups in total. The SMILES string of the molecule is Nc1oncc1C(=O)N1CCCc2ccccc21. The van der Waals surface area contributed by atoms with Gasteiger partial charge in [0.2, 0.25) is 5.88 Å². The molecular weight excluding hydrogens is 230 g/mol. The van der Waals surface area contributed by atoms with Gasteiger partial charge in [0.15, 0.2) is 0 Å². The third kappa shape index (κ3) is 1.64. The first-order valence-corrected chi connectivity index (χ1v) is 5.87. The molecule has 0 saturated carbocycles. The number of aromatic nitrogens is 1. The van der Waals surface area contributed by atoms with E-state index in [1.807, 2.05) is 24.3 Å². The first-order chi connectivity index (χ1) is 8.77. The van der Waals surface area contributed by atoms with Gasteiger partial charge < -0.3 is 15.2 Å². The second-order valence-electron chi connectivity index (χ2n) is 4.29. The Labute approximate surface area is 104 Å². The Morgan fingerprint density at radius 2 is 2.22 bits per heavy atom. The highest BCUT2D eigenvalue weighted by molar-refractivity contribution is 6.09. The molecule has 3 rings (SSSR count). The van der Waals surface area contributed by atoms with Crippen LogP contribution in [0.3, 0.4) is 0 Å². The standard InChI is InChI=1S/C13H13N3O2/c14-12-10(8-15-18-12)13(17)16-7-3-5-9-4-1-2-6-11(9)16/h1-2,4,6,8H,3,5,7,14H2. The van der Waals surface area contributed by atoms with Crippen LogP contribution in [0, 0.1) is 0 Å². The number of benzene rings is 1. The highest BCUT2D eigenvalue weighted by Gasteiger charge is 2.26. The molecule has 5 heteroatoms. The normalized spacial score (nSPS) is 14.3. The summed E-state index contributed by atoms with van der Waals surface area (Å²) in [6.07, 6.45) is 3.32. The number of hydrogen-bond donors (Lipinski definition) is 1. The lowest BCUT2D eigenvalue weighted by molar-refractivity contribution is 0.0985. The number of nitrogens with two attached hydrogens (primary N) is 1. The van der Waals surface area contributed by atoms with Crippen molar-refractivity contribution in [2.45, 2.75) is 12.8 Å². The van der Waals surface area contributed by atoms with Crippen LogP contribution in [-0.2, 0) is 6.42 Å². The van der Waals surface area contributed by atoms with Crippen molar-refractivity contribution >= 4 is 17.5 Å². The minimum Gasteiger partial charge on any atom is -0.367 e. The molecule has 0 bridgehead atoms. The first-order valence-electron chi connectivity index (χ1n) is 5.87. The van der Waals surface area contributed by atoms with Gasteiger partial charge in [-0.25, -0.2) is 0 Å². The lowest BCUT2D eigenvalue weighted by atomic mass is 10.0. The van der Waals surface area contributed by atoms with Crippen LogP contribution in [0.4, 0.5) is 11.6 Å². The average Bonchev–Trinajstić information content (AvgIpc) is 2.83. The zero-order chi connectivity index (χ0) is 12.5. The molecule has 0 saturated heterocycles. The second-order valence-corrected chi connectivity index (χ2v) is 4.29. The molecule has 1 aliphatic heterocycles. The summed E-state index contributed by atoms with van der Waals surface area (Å²) in [4.78, 5) is 14.1. The predicted molar refractivity (Wildman–Crippen MR) is 67.4 cm³/mol. The molecule has 1 aromatic carbocycles. The summed E-state index contributed by atoms with van der Waals surface area (Å²) in [7, 11) is 0. The Bertz CT molecular complexity index is 591. The number of anilines is 2. The van der Waals surface area contributed by atoms with Crippen LogP contribution in [0.2, 0.25) is 0 Å². The van der Waals surface area contributed by atoms with Gasteiger partial charge >= 0.3 is 0 Å². The van der Waals surface area contributed by atoms with Gasteiger partial charge in [-0.05, 0) is 24.5 Å². The third-order valence-electron chi connectivity index (χ3n) is 3.18. The molecule has 0 atom stereocenters. The number of hydrogen-bond acceptors (Lipinski definition) is 4. The smallest absolute Gasteiger partial charge is 0.265 e. The van der Waals surface area contributed by atoms with Gasteiger partial charge in [0.25, 0.3) is 5.91 Å². The number of nitrogens with zero attached hydrogens (tertiary/aromatic N) is 2. The van der Waals surface area contributed by atoms with Crippen LogP contribution in [0.1, 0.15) is 22.3 Å². The minimum atomic E-state index is -0.152. The second kappa shape index (κ2) is 4.18. The van der Waals surface area contributed by atoms with Crippen LogP contribution < -0.4 is 10.6 Å². The summed E-state index contributed by atoms with van der Waals surface area (Å²) in [5, 5.41) is 3.55. The zero-order valence-corrected chi connectivity index (χ0v) is 9.80. The molecule has 2 aromatic rings. The van der Waals surface area contributed by atoms with Crippen molar-refractivity contribution in [3.63, 3.8) is 0 Å². The Balaban J connectivity index is 2.00. The highest BCUT2D eigenvalue weighted by Crippen LogP contribution is 2.28. The van der Waals surface area contributed by atoms with Crippen molar-refractivity contribution < 1.29 is 9.32 Å². The summed E-state index contributed by atoms with van der Waals surface area (Å²) in [6, 6.07) is 7.92. The van der Waals surface area contributed by atoms with Crippen molar-refractivity contribution in [2.24, 2.45) is 0 Å². The van der Waals surface area contributed by atoms with Crippen molar-refractivity contribution in [3.8, 4) is 0 Å². The number of amides is 1. The van der Waals surface area contributed by atoms with Crippen molar-refractivity contribution in [1.29, 1.82) is 0 Å². The van der Waals surface area contributed by atoms with Crippen molar-refractivity contribution in [1.82, 2.24) is 5.16 Å². The Morgan fingerprint density at radius 1 is 1.39 bits per heavy atom. The Morgan fingerprint density at radius 3 is 3.00 bits per heavy atom. The maximum atomic E-state index is 12.4. The van der Waals surface area contributed by atoms with Crippen molar-refractivity contribution in [3.05, 3.63) is 41.6 Å². The fourth-order valence-electron chi connectivity index (χ4n) is 2.30.